The molecule has 0 aliphatic carbocycles. The first-order valence-corrected chi connectivity index (χ1v) is 7.05. The first-order valence-electron chi connectivity index (χ1n) is 7.05. The summed E-state index contributed by atoms with van der Waals surface area (Å²) in [4.78, 5) is 18.4. The third kappa shape index (κ3) is 3.06. The minimum Gasteiger partial charge on any atom is -0.462 e. The van der Waals surface area contributed by atoms with Crippen molar-refractivity contribution in [2.45, 2.75) is 52.1 Å². The van der Waals surface area contributed by atoms with Crippen molar-refractivity contribution >= 4 is 11.8 Å². The number of rotatable bonds is 3. The van der Waals surface area contributed by atoms with Crippen LogP contribution in [0.15, 0.2) is 18.3 Å². The summed E-state index contributed by atoms with van der Waals surface area (Å²) in [5, 5.41) is 0. The van der Waals surface area contributed by atoms with Crippen molar-refractivity contribution in [1.29, 1.82) is 0 Å². The van der Waals surface area contributed by atoms with Crippen LogP contribution in [0.3, 0.4) is 0 Å². The topological polar surface area (TPSA) is 42.4 Å². The molecule has 1 aromatic heterocycles. The van der Waals surface area contributed by atoms with Crippen molar-refractivity contribution in [3.05, 3.63) is 23.9 Å². The number of nitrogens with zero attached hydrogens (tertiary/aromatic N) is 2. The summed E-state index contributed by atoms with van der Waals surface area (Å²) in [6.45, 7) is 6.66. The highest BCUT2D eigenvalue weighted by Crippen LogP contribution is 2.27. The lowest BCUT2D eigenvalue weighted by Crippen LogP contribution is -2.44. The van der Waals surface area contributed by atoms with E-state index in [1.54, 1.807) is 19.2 Å². The Kier molecular flexibility index (Phi) is 4.40. The Morgan fingerprint density at radius 1 is 1.37 bits per heavy atom. The third-order valence-corrected chi connectivity index (χ3v) is 3.72. The van der Waals surface area contributed by atoms with Crippen LogP contribution in [0, 0.1) is 0 Å². The predicted molar refractivity (Wildman–Crippen MR) is 75.4 cm³/mol. The summed E-state index contributed by atoms with van der Waals surface area (Å²) in [6, 6.07) is 4.73. The van der Waals surface area contributed by atoms with Gasteiger partial charge in [0.15, 0.2) is 0 Å². The second-order valence-electron chi connectivity index (χ2n) is 5.16. The molecule has 0 N–H and O–H groups in total. The molecule has 0 radical (unpaired) electrons. The van der Waals surface area contributed by atoms with Crippen molar-refractivity contribution in [2.24, 2.45) is 0 Å². The number of anilines is 1. The fraction of sp³-hybridized carbons (Fsp3) is 0.600. The molecule has 4 nitrogen and oxygen atoms in total. The number of esters is 1. The first kappa shape index (κ1) is 13.8. The molecule has 0 bridgehead atoms. The predicted octanol–water partition coefficient (Wildman–Crippen LogP) is 3.03. The monoisotopic (exact) mass is 262 g/mol. The molecule has 0 spiro atoms. The zero-order valence-electron chi connectivity index (χ0n) is 11.9. The largest absolute Gasteiger partial charge is 0.462 e. The maximum Gasteiger partial charge on any atom is 0.339 e. The van der Waals surface area contributed by atoms with Crippen LogP contribution in [0.4, 0.5) is 5.82 Å². The SMILES string of the molecule is CCOC(=O)c1ccc(N2C(C)CCCC2C)nc1. The third-order valence-electron chi connectivity index (χ3n) is 3.72. The van der Waals surface area contributed by atoms with Gasteiger partial charge in [-0.25, -0.2) is 9.78 Å². The van der Waals surface area contributed by atoms with E-state index in [0.29, 0.717) is 24.3 Å². The Labute approximate surface area is 114 Å². The molecule has 2 heterocycles. The van der Waals surface area contributed by atoms with Gasteiger partial charge in [-0.1, -0.05) is 0 Å². The van der Waals surface area contributed by atoms with Gasteiger partial charge in [0, 0.05) is 18.3 Å². The van der Waals surface area contributed by atoms with Crippen molar-refractivity contribution in [1.82, 2.24) is 4.98 Å². The van der Waals surface area contributed by atoms with Gasteiger partial charge >= 0.3 is 5.97 Å². The van der Waals surface area contributed by atoms with Crippen LogP contribution in [0.25, 0.3) is 0 Å². The molecule has 19 heavy (non-hydrogen) atoms. The van der Waals surface area contributed by atoms with Crippen LogP contribution in [0.5, 0.6) is 0 Å². The molecular weight excluding hydrogens is 240 g/mol. The molecule has 1 aliphatic heterocycles. The van der Waals surface area contributed by atoms with E-state index in [4.69, 9.17) is 4.74 Å². The summed E-state index contributed by atoms with van der Waals surface area (Å²) >= 11 is 0. The molecule has 0 amide bonds. The second kappa shape index (κ2) is 6.04. The van der Waals surface area contributed by atoms with Gasteiger partial charge < -0.3 is 9.64 Å². The molecule has 1 aliphatic rings. The zero-order chi connectivity index (χ0) is 13.8. The van der Waals surface area contributed by atoms with E-state index in [9.17, 15) is 4.79 Å². The number of ether oxygens (including phenoxy) is 1. The van der Waals surface area contributed by atoms with E-state index >= 15 is 0 Å². The van der Waals surface area contributed by atoms with Crippen LogP contribution in [-0.4, -0.2) is 29.6 Å². The van der Waals surface area contributed by atoms with Crippen LogP contribution >= 0.6 is 0 Å². The van der Waals surface area contributed by atoms with Crippen molar-refractivity contribution in [3.63, 3.8) is 0 Å². The average Bonchev–Trinajstić information content (AvgIpc) is 2.39. The molecule has 4 heteroatoms. The maximum atomic E-state index is 11.6. The Bertz CT molecular complexity index is 420. The minimum absolute atomic E-state index is 0.304. The van der Waals surface area contributed by atoms with Crippen molar-refractivity contribution < 1.29 is 9.53 Å². The molecular formula is C15H22N2O2. The molecule has 1 saturated heterocycles. The fourth-order valence-electron chi connectivity index (χ4n) is 2.75. The number of pyridine rings is 1. The lowest BCUT2D eigenvalue weighted by Gasteiger charge is -2.40. The molecule has 2 rings (SSSR count). The molecule has 1 aromatic rings. The van der Waals surface area contributed by atoms with Crippen molar-refractivity contribution in [3.8, 4) is 0 Å². The highest BCUT2D eigenvalue weighted by atomic mass is 16.5. The van der Waals surface area contributed by atoms with Gasteiger partial charge in [-0.3, -0.25) is 0 Å². The smallest absolute Gasteiger partial charge is 0.339 e. The van der Waals surface area contributed by atoms with E-state index in [0.717, 1.165) is 5.82 Å². The number of aromatic nitrogens is 1. The number of carbonyl (C=O) groups is 1. The Balaban J connectivity index is 2.15. The van der Waals surface area contributed by atoms with Gasteiger partial charge in [-0.2, -0.15) is 0 Å². The summed E-state index contributed by atoms with van der Waals surface area (Å²) in [5.41, 5.74) is 0.517. The van der Waals surface area contributed by atoms with Gasteiger partial charge in [-0.05, 0) is 52.2 Å². The lowest BCUT2D eigenvalue weighted by atomic mass is 9.97. The number of hydrogen-bond donors (Lipinski definition) is 0. The minimum atomic E-state index is -0.304. The first-order chi connectivity index (χ1) is 9.13. The van der Waals surface area contributed by atoms with Crippen LogP contribution in [-0.2, 0) is 4.74 Å². The van der Waals surface area contributed by atoms with Gasteiger partial charge in [-0.15, -0.1) is 0 Å². The standard InChI is InChI=1S/C15H22N2O2/c1-4-19-15(18)13-8-9-14(16-10-13)17-11(2)6-5-7-12(17)3/h8-12H,4-7H2,1-3H3. The molecule has 0 saturated carbocycles. The quantitative estimate of drug-likeness (QED) is 0.785. The normalized spacial score (nSPS) is 23.2. The second-order valence-corrected chi connectivity index (χ2v) is 5.16. The van der Waals surface area contributed by atoms with Crippen LogP contribution in [0.2, 0.25) is 0 Å². The summed E-state index contributed by atoms with van der Waals surface area (Å²) in [7, 11) is 0. The van der Waals surface area contributed by atoms with E-state index < -0.39 is 0 Å². The Hall–Kier alpha value is -1.58. The van der Waals surface area contributed by atoms with Gasteiger partial charge in [0.25, 0.3) is 0 Å². The fourth-order valence-corrected chi connectivity index (χ4v) is 2.75. The molecule has 2 atom stereocenters. The molecule has 0 aromatic carbocycles. The summed E-state index contributed by atoms with van der Waals surface area (Å²) in [5.74, 6) is 0.647. The number of carbonyl (C=O) groups excluding carboxylic acids is 1. The molecule has 2 unspecified atom stereocenters. The van der Waals surface area contributed by atoms with E-state index in [1.165, 1.54) is 19.3 Å². The number of piperidine rings is 1. The maximum absolute atomic E-state index is 11.6. The van der Waals surface area contributed by atoms with E-state index in [-0.39, 0.29) is 5.97 Å². The number of hydrogen-bond acceptors (Lipinski definition) is 4. The zero-order valence-corrected chi connectivity index (χ0v) is 11.9. The van der Waals surface area contributed by atoms with Crippen LogP contribution < -0.4 is 4.90 Å². The van der Waals surface area contributed by atoms with Gasteiger partial charge in [0.05, 0.1) is 12.2 Å². The van der Waals surface area contributed by atoms with Gasteiger partial charge in [0.2, 0.25) is 0 Å². The Morgan fingerprint density at radius 2 is 2.05 bits per heavy atom. The van der Waals surface area contributed by atoms with E-state index in [1.807, 2.05) is 6.07 Å². The summed E-state index contributed by atoms with van der Waals surface area (Å²) in [6.07, 6.45) is 5.29. The highest BCUT2D eigenvalue weighted by molar-refractivity contribution is 5.89. The average molecular weight is 262 g/mol. The van der Waals surface area contributed by atoms with E-state index in [2.05, 4.69) is 23.7 Å². The Morgan fingerprint density at radius 3 is 2.58 bits per heavy atom. The highest BCUT2D eigenvalue weighted by Gasteiger charge is 2.25. The molecule has 104 valence electrons. The van der Waals surface area contributed by atoms with Crippen LogP contribution in [0.1, 0.15) is 50.4 Å². The van der Waals surface area contributed by atoms with Gasteiger partial charge in [0.1, 0.15) is 5.82 Å². The summed E-state index contributed by atoms with van der Waals surface area (Å²) < 4.78 is 4.96. The molecule has 1 fully saturated rings. The van der Waals surface area contributed by atoms with Crippen molar-refractivity contribution in [2.75, 3.05) is 11.5 Å². The lowest BCUT2D eigenvalue weighted by molar-refractivity contribution is 0.0526.